The van der Waals surface area contributed by atoms with Crippen LogP contribution < -0.4 is 16.0 Å². The zero-order chi connectivity index (χ0) is 72.0. The number of alkyl halides is 4. The van der Waals surface area contributed by atoms with Crippen LogP contribution in [-0.2, 0) is 111 Å². The van der Waals surface area contributed by atoms with Crippen molar-refractivity contribution in [1.29, 1.82) is 0 Å². The summed E-state index contributed by atoms with van der Waals surface area (Å²) in [6.45, 7) is 9.46. The van der Waals surface area contributed by atoms with Crippen molar-refractivity contribution < 1.29 is 119 Å². The van der Waals surface area contributed by atoms with Gasteiger partial charge < -0.3 is 40.1 Å². The summed E-state index contributed by atoms with van der Waals surface area (Å²) in [6, 6.07) is 10.8. The molecule has 0 bridgehead atoms. The number of carbonyl (C=O) groups excluding carboxylic acids is 18. The Hall–Kier alpha value is -7.99. The van der Waals surface area contributed by atoms with Crippen molar-refractivity contribution in [3.8, 4) is 0 Å². The van der Waals surface area contributed by atoms with Crippen LogP contribution in [0, 0.1) is 0 Å². The van der Waals surface area contributed by atoms with E-state index in [0.29, 0.717) is 52.8 Å². The van der Waals surface area contributed by atoms with Crippen molar-refractivity contribution in [1.82, 2.24) is 35.9 Å². The van der Waals surface area contributed by atoms with Crippen molar-refractivity contribution >= 4 is 199 Å². The van der Waals surface area contributed by atoms with Gasteiger partial charge in [-0.25, -0.2) is 32.4 Å². The molecule has 5 saturated heterocycles. The first-order chi connectivity index (χ1) is 45.1. The zero-order valence-electron chi connectivity index (χ0n) is 51.6. The minimum atomic E-state index is -3.59. The first-order valence-electron chi connectivity index (χ1n) is 28.4. The van der Waals surface area contributed by atoms with E-state index < -0.39 is 98.8 Å². The number of nitrogens with one attached hydrogen (secondary N) is 3. The van der Waals surface area contributed by atoms with Gasteiger partial charge in [-0.3, -0.25) is 62.3 Å². The van der Waals surface area contributed by atoms with E-state index >= 15 is 0 Å². The van der Waals surface area contributed by atoms with Crippen molar-refractivity contribution in [2.75, 3.05) is 38.4 Å². The van der Waals surface area contributed by atoms with E-state index in [2.05, 4.69) is 64.1 Å². The Morgan fingerprint density at radius 3 is 1.14 bits per heavy atom. The highest BCUT2D eigenvalue weighted by molar-refractivity contribution is 14.1. The van der Waals surface area contributed by atoms with E-state index in [0.717, 1.165) is 18.2 Å². The number of hydroxylamine groups is 10. The highest BCUT2D eigenvalue weighted by atomic mass is 127. The molecule has 5 aliphatic rings. The van der Waals surface area contributed by atoms with Crippen molar-refractivity contribution in [2.45, 2.75) is 128 Å². The van der Waals surface area contributed by atoms with E-state index in [1.165, 1.54) is 48.5 Å². The SMILES string of the molecule is C=CS(=O)(=O)c1ccc(C(=O)ON2C(=O)CCC2=O)cc1.CBr.CC.CCC(=O)ON1C(=O)CCC1=O.O=C(CBr)NCCC(=O)ON1C(=O)CCC1=O.O=C(CI)NCCCCCC(=O)ON1C(=O)CCC1=O.O=C(CI)Nc1ccc(C(=O)ON2C(=O)CCC2=O)cc1. The zero-order valence-corrected chi connectivity index (χ0v) is 59.9. The largest absolute Gasteiger partial charge is 0.363 e. The monoisotopic (exact) mass is 1710 g/mol. The second-order valence-corrected chi connectivity index (χ2v) is 22.4. The Kier molecular flexibility index (Phi) is 40.6. The fourth-order valence-corrected chi connectivity index (χ4v) is 8.35. The van der Waals surface area contributed by atoms with Crippen LogP contribution in [0.3, 0.4) is 0 Å². The summed E-state index contributed by atoms with van der Waals surface area (Å²) in [5, 5.41) is 11.2. The highest BCUT2D eigenvalue weighted by Crippen LogP contribution is 2.20. The summed E-state index contributed by atoms with van der Waals surface area (Å²) in [5.74, 6) is -7.29. The van der Waals surface area contributed by atoms with Crippen LogP contribution in [0.5, 0.6) is 0 Å². The molecule has 5 fully saturated rings. The number of halogens is 4. The maximum atomic E-state index is 11.8. The molecular formula is C57H68Br2I2N8O25S. The quantitative estimate of drug-likeness (QED) is 0.0602. The molecule has 7 rings (SSSR count). The van der Waals surface area contributed by atoms with Gasteiger partial charge in [0.05, 0.1) is 36.6 Å². The maximum Gasteiger partial charge on any atom is 0.363 e. The van der Waals surface area contributed by atoms with Gasteiger partial charge in [-0.2, -0.15) is 0 Å². The number of nitrogens with zero attached hydrogens (tertiary/aromatic N) is 5. The number of unbranched alkanes of at least 4 members (excludes halogenated alkanes) is 2. The average Bonchev–Trinajstić information content (AvgIpc) is 1.97. The Labute approximate surface area is 588 Å². The molecule has 0 aromatic heterocycles. The molecule has 520 valence electrons. The molecule has 0 atom stereocenters. The third-order valence-electron chi connectivity index (χ3n) is 11.7. The summed E-state index contributed by atoms with van der Waals surface area (Å²) >= 11 is 9.80. The van der Waals surface area contributed by atoms with Gasteiger partial charge in [0.1, 0.15) is 0 Å². The van der Waals surface area contributed by atoms with Gasteiger partial charge in [-0.15, -0.1) is 25.3 Å². The summed E-state index contributed by atoms with van der Waals surface area (Å²) in [4.78, 5) is 225. The molecule has 0 saturated carbocycles. The molecule has 2 aromatic carbocycles. The first kappa shape index (κ1) is 85.0. The van der Waals surface area contributed by atoms with Gasteiger partial charge in [0, 0.05) is 101 Å². The smallest absolute Gasteiger partial charge is 0.355 e. The van der Waals surface area contributed by atoms with E-state index in [1.54, 1.807) is 6.92 Å². The van der Waals surface area contributed by atoms with Crippen LogP contribution in [0.15, 0.2) is 65.4 Å². The molecule has 0 spiro atoms. The van der Waals surface area contributed by atoms with Gasteiger partial charge in [0.2, 0.25) is 17.7 Å². The fourth-order valence-electron chi connectivity index (χ4n) is 6.98. The van der Waals surface area contributed by atoms with Gasteiger partial charge >= 0.3 is 29.8 Å². The van der Waals surface area contributed by atoms with Crippen molar-refractivity contribution in [3.05, 3.63) is 71.6 Å². The van der Waals surface area contributed by atoms with Gasteiger partial charge in [-0.05, 0) is 67.2 Å². The van der Waals surface area contributed by atoms with Gasteiger partial charge in [0.15, 0.2) is 9.84 Å². The molecule has 13 amide bonds. The van der Waals surface area contributed by atoms with Crippen molar-refractivity contribution in [3.63, 3.8) is 0 Å². The number of rotatable bonds is 23. The van der Waals surface area contributed by atoms with Crippen LogP contribution in [0.2, 0.25) is 0 Å². The second-order valence-electron chi connectivity index (χ2n) is 18.4. The molecule has 95 heavy (non-hydrogen) atoms. The van der Waals surface area contributed by atoms with Crippen LogP contribution >= 0.6 is 77.0 Å². The Balaban J connectivity index is 0.000000592. The number of benzene rings is 2. The van der Waals surface area contributed by atoms with Crippen LogP contribution in [0.1, 0.15) is 144 Å². The summed E-state index contributed by atoms with van der Waals surface area (Å²) in [5.41, 5.74) is 0.738. The number of amides is 13. The lowest BCUT2D eigenvalue weighted by molar-refractivity contribution is -0.197. The third-order valence-corrected chi connectivity index (χ3v) is 14.9. The number of carbonyl (C=O) groups is 18. The molecule has 5 heterocycles. The minimum absolute atomic E-state index is 0.00261. The number of sulfone groups is 1. The van der Waals surface area contributed by atoms with Crippen LogP contribution in [0.25, 0.3) is 0 Å². The maximum absolute atomic E-state index is 11.8. The predicted octanol–water partition coefficient (Wildman–Crippen LogP) is 4.35. The molecule has 0 radical (unpaired) electrons. The summed E-state index contributed by atoms with van der Waals surface area (Å²) < 4.78 is 23.8. The number of hydrogen-bond donors (Lipinski definition) is 3. The predicted molar refractivity (Wildman–Crippen MR) is 351 cm³/mol. The fraction of sp³-hybridized carbons (Fsp3) is 0.439. The normalized spacial score (nSPS) is 14.5. The van der Waals surface area contributed by atoms with Gasteiger partial charge in [0.25, 0.3) is 59.1 Å². The van der Waals surface area contributed by atoms with E-state index in [9.17, 15) is 94.7 Å². The van der Waals surface area contributed by atoms with E-state index in [1.807, 2.05) is 64.9 Å². The average molecular weight is 1710 g/mol. The van der Waals surface area contributed by atoms with E-state index in [4.69, 9.17) is 14.5 Å². The lowest BCUT2D eigenvalue weighted by Gasteiger charge is -2.12. The third kappa shape index (κ3) is 30.5. The topological polar surface area (TPSA) is 440 Å². The molecular weight excluding hydrogens is 1640 g/mol. The Bertz CT molecular complexity index is 3200. The molecule has 3 N–H and O–H groups in total. The van der Waals surface area contributed by atoms with E-state index in [-0.39, 0.29) is 129 Å². The lowest BCUT2D eigenvalue weighted by atomic mass is 10.2. The molecule has 0 aliphatic carbocycles. The lowest BCUT2D eigenvalue weighted by Crippen LogP contribution is -2.34. The first-order valence-corrected chi connectivity index (χ1v) is 35.7. The Morgan fingerprint density at radius 1 is 0.474 bits per heavy atom. The summed E-state index contributed by atoms with van der Waals surface area (Å²) in [7, 11) is -3.59. The highest BCUT2D eigenvalue weighted by Gasteiger charge is 2.37. The molecule has 33 nitrogen and oxygen atoms in total. The number of hydrogen-bond acceptors (Lipinski definition) is 25. The molecule has 0 unspecified atom stereocenters. The molecule has 38 heteroatoms. The number of imide groups is 5. The molecule has 2 aromatic rings. The minimum Gasteiger partial charge on any atom is -0.355 e. The van der Waals surface area contributed by atoms with Crippen molar-refractivity contribution in [2.24, 2.45) is 0 Å². The number of anilines is 1. The summed E-state index contributed by atoms with van der Waals surface area (Å²) in [6.07, 6.45) is 3.02. The van der Waals surface area contributed by atoms with Crippen LogP contribution in [0.4, 0.5) is 5.69 Å². The standard InChI is InChI=1S/C13H11IN2O5.C13H11NO6S.C12H17IN2O5.C9H11BrN2O5.C7H9NO4.C2H6.CH3Br/c14-7-10(17)15-9-3-1-8(2-4-9)13(20)21-16-11(18)5-6-12(16)19;1-2-21(18,19)10-5-3-9(4-6-10)13(17)20-14-11(15)7-8-12(14)16;13-8-9(16)14-7-3-1-2-4-12(19)20-15-10(17)5-6-11(15)18;10-5-6(13)11-4-3-9(16)17-12-7(14)1-2-8(12)15;1-2-7(11)12-8-5(9)3-4-6(8)10;2*1-2/h1-4H,5-7H2,(H,15,17);2-6H,1,7-8H2;1-8H2,(H,14,16);1-5H2,(H,11,13);2-4H2,1H3;1-2H3;1H3. The Morgan fingerprint density at radius 2 is 0.800 bits per heavy atom. The second kappa shape index (κ2) is 45.4. The van der Waals surface area contributed by atoms with Crippen LogP contribution in [-0.4, -0.2) is 173 Å². The molecule has 5 aliphatic heterocycles. The van der Waals surface area contributed by atoms with Gasteiger partial charge in [-0.1, -0.05) is 111 Å².